The fraction of sp³-hybridized carbons (Fsp3) is 0.211. The molecule has 2 heterocycles. The summed E-state index contributed by atoms with van der Waals surface area (Å²) in [7, 11) is 0. The lowest BCUT2D eigenvalue weighted by atomic mass is 10.3. The SMILES string of the molecule is C/C(Cn1nnc2ccccc21)=N\NC(=O)C(C)Sc1nc2ccccc2s1. The number of fused-ring (bicyclic) bond motifs is 2. The molecule has 142 valence electrons. The Bertz CT molecular complexity index is 1130. The first-order chi connectivity index (χ1) is 13.6. The summed E-state index contributed by atoms with van der Waals surface area (Å²) in [5.41, 5.74) is 6.10. The quantitative estimate of drug-likeness (QED) is 0.297. The Morgan fingerprint density at radius 2 is 1.96 bits per heavy atom. The van der Waals surface area contributed by atoms with Gasteiger partial charge in [-0.25, -0.2) is 15.1 Å². The van der Waals surface area contributed by atoms with Gasteiger partial charge in [0.2, 0.25) is 0 Å². The molecule has 4 aromatic rings. The average molecular weight is 411 g/mol. The largest absolute Gasteiger partial charge is 0.272 e. The number of thioether (sulfide) groups is 1. The van der Waals surface area contributed by atoms with Crippen LogP contribution in [0.1, 0.15) is 13.8 Å². The van der Waals surface area contributed by atoms with Crippen molar-refractivity contribution in [3.8, 4) is 0 Å². The number of amides is 1. The highest BCUT2D eigenvalue weighted by atomic mass is 32.2. The van der Waals surface area contributed by atoms with E-state index in [4.69, 9.17) is 0 Å². The molecule has 9 heteroatoms. The lowest BCUT2D eigenvalue weighted by Crippen LogP contribution is -2.28. The molecule has 7 nitrogen and oxygen atoms in total. The van der Waals surface area contributed by atoms with Crippen LogP contribution in [0.25, 0.3) is 21.3 Å². The van der Waals surface area contributed by atoms with Gasteiger partial charge in [-0.1, -0.05) is 41.2 Å². The van der Waals surface area contributed by atoms with Gasteiger partial charge in [-0.2, -0.15) is 5.10 Å². The van der Waals surface area contributed by atoms with Crippen molar-refractivity contribution in [1.29, 1.82) is 0 Å². The summed E-state index contributed by atoms with van der Waals surface area (Å²) < 4.78 is 3.75. The molecular formula is C19H18N6OS2. The predicted octanol–water partition coefficient (Wildman–Crippen LogP) is 3.71. The van der Waals surface area contributed by atoms with Crippen LogP contribution in [0.5, 0.6) is 0 Å². The van der Waals surface area contributed by atoms with E-state index < -0.39 is 0 Å². The number of para-hydroxylation sites is 2. The second-order valence-corrected chi connectivity index (χ2v) is 8.89. The van der Waals surface area contributed by atoms with Crippen LogP contribution in [-0.4, -0.2) is 36.8 Å². The van der Waals surface area contributed by atoms with Crippen molar-refractivity contribution in [2.45, 2.75) is 30.0 Å². The molecule has 2 aromatic carbocycles. The van der Waals surface area contributed by atoms with Gasteiger partial charge in [0.05, 0.1) is 33.2 Å². The maximum Gasteiger partial charge on any atom is 0.253 e. The minimum absolute atomic E-state index is 0.160. The van der Waals surface area contributed by atoms with Crippen molar-refractivity contribution in [3.05, 3.63) is 48.5 Å². The summed E-state index contributed by atoms with van der Waals surface area (Å²) in [6, 6.07) is 15.7. The van der Waals surface area contributed by atoms with Crippen molar-refractivity contribution < 1.29 is 4.79 Å². The van der Waals surface area contributed by atoms with Gasteiger partial charge in [0.15, 0.2) is 4.34 Å². The number of benzene rings is 2. The first-order valence-corrected chi connectivity index (χ1v) is 10.4. The molecule has 0 aliphatic heterocycles. The van der Waals surface area contributed by atoms with Crippen molar-refractivity contribution in [3.63, 3.8) is 0 Å². The first kappa shape index (κ1) is 18.6. The summed E-state index contributed by atoms with van der Waals surface area (Å²) in [6.45, 7) is 4.16. The number of hydrazone groups is 1. The van der Waals surface area contributed by atoms with Crippen LogP contribution < -0.4 is 5.43 Å². The highest BCUT2D eigenvalue weighted by Crippen LogP contribution is 2.31. The molecule has 4 rings (SSSR count). The Hall–Kier alpha value is -2.78. The van der Waals surface area contributed by atoms with E-state index >= 15 is 0 Å². The smallest absolute Gasteiger partial charge is 0.253 e. The molecule has 0 aliphatic rings. The number of hydrogen-bond acceptors (Lipinski definition) is 7. The third-order valence-electron chi connectivity index (χ3n) is 4.08. The molecule has 0 aliphatic carbocycles. The summed E-state index contributed by atoms with van der Waals surface area (Å²) >= 11 is 3.02. The molecule has 0 bridgehead atoms. The van der Waals surface area contributed by atoms with Crippen LogP contribution in [-0.2, 0) is 11.3 Å². The normalized spacial score (nSPS) is 13.1. The maximum atomic E-state index is 12.4. The van der Waals surface area contributed by atoms with Crippen LogP contribution in [0.3, 0.4) is 0 Å². The van der Waals surface area contributed by atoms with Gasteiger partial charge in [-0.3, -0.25) is 4.79 Å². The van der Waals surface area contributed by atoms with E-state index in [1.165, 1.54) is 11.8 Å². The molecule has 0 radical (unpaired) electrons. The Balaban J connectivity index is 1.36. The Morgan fingerprint density at radius 1 is 1.21 bits per heavy atom. The van der Waals surface area contributed by atoms with Crippen LogP contribution >= 0.6 is 23.1 Å². The van der Waals surface area contributed by atoms with Gasteiger partial charge in [0.25, 0.3) is 5.91 Å². The summed E-state index contributed by atoms with van der Waals surface area (Å²) in [6.07, 6.45) is 0. The third-order valence-corrected chi connectivity index (χ3v) is 6.31. The average Bonchev–Trinajstić information content (AvgIpc) is 3.29. The zero-order valence-electron chi connectivity index (χ0n) is 15.4. The van der Waals surface area contributed by atoms with Crippen molar-refractivity contribution in [1.82, 2.24) is 25.4 Å². The number of carbonyl (C=O) groups excluding carboxylic acids is 1. The predicted molar refractivity (Wildman–Crippen MR) is 114 cm³/mol. The summed E-state index contributed by atoms with van der Waals surface area (Å²) in [5.74, 6) is -0.160. The zero-order chi connectivity index (χ0) is 19.5. The highest BCUT2D eigenvalue weighted by molar-refractivity contribution is 8.02. The van der Waals surface area contributed by atoms with E-state index in [-0.39, 0.29) is 11.2 Å². The zero-order valence-corrected chi connectivity index (χ0v) is 17.0. The van der Waals surface area contributed by atoms with E-state index in [1.807, 2.05) is 62.4 Å². The Morgan fingerprint density at radius 3 is 2.79 bits per heavy atom. The van der Waals surface area contributed by atoms with Crippen LogP contribution in [0.15, 0.2) is 58.0 Å². The molecular weight excluding hydrogens is 392 g/mol. The van der Waals surface area contributed by atoms with Gasteiger partial charge in [0, 0.05) is 0 Å². The number of nitrogens with one attached hydrogen (secondary N) is 1. The Labute approximate surface area is 169 Å². The monoisotopic (exact) mass is 410 g/mol. The standard InChI is InChI=1S/C19H18N6OS2/c1-12(11-25-16-9-5-3-7-14(16)22-24-25)21-23-18(26)13(2)27-19-20-15-8-4-6-10-17(15)28-19/h3-10,13H,11H2,1-2H3,(H,23,26)/b21-12+. The number of nitrogens with zero attached hydrogens (tertiary/aromatic N) is 5. The van der Waals surface area contributed by atoms with E-state index in [2.05, 4.69) is 25.8 Å². The molecule has 0 saturated carbocycles. The minimum atomic E-state index is -0.302. The number of thiazole rings is 1. The first-order valence-electron chi connectivity index (χ1n) is 8.73. The van der Waals surface area contributed by atoms with Crippen molar-refractivity contribution in [2.75, 3.05) is 0 Å². The molecule has 28 heavy (non-hydrogen) atoms. The number of carbonyl (C=O) groups is 1. The van der Waals surface area contributed by atoms with Gasteiger partial charge in [0.1, 0.15) is 5.52 Å². The molecule has 0 spiro atoms. The lowest BCUT2D eigenvalue weighted by Gasteiger charge is -2.08. The van der Waals surface area contributed by atoms with E-state index in [9.17, 15) is 4.79 Å². The minimum Gasteiger partial charge on any atom is -0.272 e. The highest BCUT2D eigenvalue weighted by Gasteiger charge is 2.16. The number of hydrogen-bond donors (Lipinski definition) is 1. The van der Waals surface area contributed by atoms with E-state index in [0.29, 0.717) is 6.54 Å². The van der Waals surface area contributed by atoms with Gasteiger partial charge >= 0.3 is 0 Å². The van der Waals surface area contributed by atoms with Crippen molar-refractivity contribution >= 4 is 56.0 Å². The van der Waals surface area contributed by atoms with Crippen LogP contribution in [0, 0.1) is 0 Å². The molecule has 0 saturated heterocycles. The maximum absolute atomic E-state index is 12.4. The number of aromatic nitrogens is 4. The van der Waals surface area contributed by atoms with Gasteiger partial charge in [-0.05, 0) is 38.1 Å². The van der Waals surface area contributed by atoms with Crippen LogP contribution in [0.2, 0.25) is 0 Å². The van der Waals surface area contributed by atoms with Gasteiger partial charge < -0.3 is 0 Å². The lowest BCUT2D eigenvalue weighted by molar-refractivity contribution is -0.120. The molecule has 1 unspecified atom stereocenters. The van der Waals surface area contributed by atoms with Crippen molar-refractivity contribution in [2.24, 2.45) is 5.10 Å². The number of rotatable bonds is 6. The molecule has 0 fully saturated rings. The van der Waals surface area contributed by atoms with E-state index in [0.717, 1.165) is 31.3 Å². The van der Waals surface area contributed by atoms with E-state index in [1.54, 1.807) is 16.0 Å². The Kier molecular flexibility index (Phi) is 5.36. The second-order valence-electron chi connectivity index (χ2n) is 6.27. The molecule has 2 aromatic heterocycles. The van der Waals surface area contributed by atoms with Gasteiger partial charge in [-0.15, -0.1) is 16.4 Å². The third kappa shape index (κ3) is 4.05. The fourth-order valence-corrected chi connectivity index (χ4v) is 4.84. The summed E-state index contributed by atoms with van der Waals surface area (Å²) in [5, 5.41) is 12.2. The molecule has 1 N–H and O–H groups in total. The molecule has 1 amide bonds. The fourth-order valence-electron chi connectivity index (χ4n) is 2.63. The molecule has 1 atom stereocenters. The topological polar surface area (TPSA) is 85.1 Å². The second kappa shape index (κ2) is 8.07. The van der Waals surface area contributed by atoms with Crippen LogP contribution in [0.4, 0.5) is 0 Å². The summed E-state index contributed by atoms with van der Waals surface area (Å²) in [4.78, 5) is 16.9.